The van der Waals surface area contributed by atoms with Crippen LogP contribution in [-0.4, -0.2) is 11.3 Å². The number of ether oxygens (including phenoxy) is 1. The minimum Gasteiger partial charge on any atom is -0.497 e. The number of benzene rings is 2. The lowest BCUT2D eigenvalue weighted by molar-refractivity contribution is 0.414. The number of aryl methyl sites for hydroxylation is 1. The van der Waals surface area contributed by atoms with Gasteiger partial charge in [-0.25, -0.2) is 0 Å². The van der Waals surface area contributed by atoms with Gasteiger partial charge in [0.15, 0.2) is 0 Å². The molecule has 0 N–H and O–H groups in total. The molecule has 18 heavy (non-hydrogen) atoms. The Morgan fingerprint density at radius 2 is 1.72 bits per heavy atom. The van der Waals surface area contributed by atoms with E-state index in [0.717, 1.165) is 21.8 Å². The maximum atomic E-state index is 12.3. The number of rotatable bonds is 4. The molecule has 0 aliphatic heterocycles. The molecule has 0 bridgehead atoms. The van der Waals surface area contributed by atoms with Crippen molar-refractivity contribution in [2.24, 2.45) is 0 Å². The van der Waals surface area contributed by atoms with Gasteiger partial charge in [-0.3, -0.25) is 4.21 Å². The van der Waals surface area contributed by atoms with E-state index in [2.05, 4.69) is 0 Å². The summed E-state index contributed by atoms with van der Waals surface area (Å²) in [4.78, 5) is 0.910. The molecule has 0 fully saturated rings. The Morgan fingerprint density at radius 3 is 2.33 bits per heavy atom. The van der Waals surface area contributed by atoms with Gasteiger partial charge in [0.25, 0.3) is 0 Å². The Balaban J connectivity index is 2.14. The van der Waals surface area contributed by atoms with Gasteiger partial charge in [-0.2, -0.15) is 0 Å². The molecule has 0 radical (unpaired) electrons. The lowest BCUT2D eigenvalue weighted by Crippen LogP contribution is -1.98. The molecule has 0 heterocycles. The number of hydrogen-bond donors (Lipinski definition) is 0. The number of hydrogen-bond acceptors (Lipinski definition) is 2. The predicted octanol–water partition coefficient (Wildman–Crippen LogP) is 3.31. The Labute approximate surface area is 110 Å². The zero-order valence-corrected chi connectivity index (χ0v) is 11.4. The Kier molecular flexibility index (Phi) is 4.15. The number of methoxy groups -OCH3 is 1. The monoisotopic (exact) mass is 260 g/mol. The summed E-state index contributed by atoms with van der Waals surface area (Å²) < 4.78 is 17.4. The fraction of sp³-hybridized carbons (Fsp3) is 0.200. The summed E-state index contributed by atoms with van der Waals surface area (Å²) in [5, 5.41) is 0. The second-order valence-electron chi connectivity index (χ2n) is 4.10. The van der Waals surface area contributed by atoms with E-state index >= 15 is 0 Å². The second-order valence-corrected chi connectivity index (χ2v) is 5.52. The maximum absolute atomic E-state index is 12.3. The molecule has 0 aliphatic rings. The van der Waals surface area contributed by atoms with Gasteiger partial charge in [-0.15, -0.1) is 0 Å². The summed E-state index contributed by atoms with van der Waals surface area (Å²) in [6.07, 6.45) is 0. The fourth-order valence-electron chi connectivity index (χ4n) is 1.76. The van der Waals surface area contributed by atoms with Crippen LogP contribution in [0.5, 0.6) is 5.75 Å². The van der Waals surface area contributed by atoms with Crippen LogP contribution in [0.4, 0.5) is 0 Å². The summed E-state index contributed by atoms with van der Waals surface area (Å²) >= 11 is 0. The third kappa shape index (κ3) is 2.99. The lowest BCUT2D eigenvalue weighted by atomic mass is 10.2. The smallest absolute Gasteiger partial charge is 0.118 e. The van der Waals surface area contributed by atoms with Gasteiger partial charge in [0, 0.05) is 4.90 Å². The molecule has 2 aromatic rings. The SMILES string of the molecule is COc1ccc(CS(=O)c2ccccc2C)cc1. The Morgan fingerprint density at radius 1 is 1.06 bits per heavy atom. The average molecular weight is 260 g/mol. The lowest BCUT2D eigenvalue weighted by Gasteiger charge is -2.06. The van der Waals surface area contributed by atoms with Crippen LogP contribution in [-0.2, 0) is 16.6 Å². The zero-order chi connectivity index (χ0) is 13.0. The summed E-state index contributed by atoms with van der Waals surface area (Å²) in [5.74, 6) is 1.36. The van der Waals surface area contributed by atoms with Crippen LogP contribution >= 0.6 is 0 Å². The molecule has 0 aliphatic carbocycles. The Hall–Kier alpha value is -1.61. The molecule has 2 rings (SSSR count). The first-order valence-corrected chi connectivity index (χ1v) is 7.09. The van der Waals surface area contributed by atoms with Crippen LogP contribution in [0, 0.1) is 6.92 Å². The van der Waals surface area contributed by atoms with E-state index in [1.807, 2.05) is 55.5 Å². The van der Waals surface area contributed by atoms with E-state index in [4.69, 9.17) is 4.74 Å². The predicted molar refractivity (Wildman–Crippen MR) is 74.3 cm³/mol. The summed E-state index contributed by atoms with van der Waals surface area (Å²) in [6, 6.07) is 15.5. The van der Waals surface area contributed by atoms with Crippen molar-refractivity contribution in [2.75, 3.05) is 7.11 Å². The van der Waals surface area contributed by atoms with Crippen molar-refractivity contribution in [1.29, 1.82) is 0 Å². The van der Waals surface area contributed by atoms with Gasteiger partial charge >= 0.3 is 0 Å². The molecule has 1 atom stereocenters. The van der Waals surface area contributed by atoms with Gasteiger partial charge < -0.3 is 4.74 Å². The normalized spacial score (nSPS) is 12.1. The molecule has 94 valence electrons. The summed E-state index contributed by atoms with van der Waals surface area (Å²) in [7, 11) is 0.644. The zero-order valence-electron chi connectivity index (χ0n) is 10.6. The molecule has 0 amide bonds. The highest BCUT2D eigenvalue weighted by atomic mass is 32.2. The van der Waals surface area contributed by atoms with Crippen LogP contribution in [0.25, 0.3) is 0 Å². The van der Waals surface area contributed by atoms with Crippen molar-refractivity contribution in [3.05, 3.63) is 59.7 Å². The van der Waals surface area contributed by atoms with Gasteiger partial charge in [0.1, 0.15) is 5.75 Å². The van der Waals surface area contributed by atoms with Crippen molar-refractivity contribution in [2.45, 2.75) is 17.6 Å². The molecule has 3 heteroatoms. The Bertz CT molecular complexity index is 547. The van der Waals surface area contributed by atoms with Gasteiger partial charge in [-0.05, 0) is 36.2 Å². The van der Waals surface area contributed by atoms with E-state index in [1.165, 1.54) is 0 Å². The second kappa shape index (κ2) is 5.83. The van der Waals surface area contributed by atoms with Crippen molar-refractivity contribution < 1.29 is 8.95 Å². The topological polar surface area (TPSA) is 26.3 Å². The fourth-order valence-corrected chi connectivity index (χ4v) is 3.07. The van der Waals surface area contributed by atoms with E-state index in [9.17, 15) is 4.21 Å². The van der Waals surface area contributed by atoms with E-state index in [0.29, 0.717) is 5.75 Å². The highest BCUT2D eigenvalue weighted by molar-refractivity contribution is 7.84. The molecule has 0 aromatic heterocycles. The molecule has 0 saturated carbocycles. The first-order valence-electron chi connectivity index (χ1n) is 5.77. The van der Waals surface area contributed by atoms with Gasteiger partial charge in [-0.1, -0.05) is 30.3 Å². The standard InChI is InChI=1S/C15H16O2S/c1-12-5-3-4-6-15(12)18(16)11-13-7-9-14(17-2)10-8-13/h3-10H,11H2,1-2H3. The van der Waals surface area contributed by atoms with Gasteiger partial charge in [0.2, 0.25) is 0 Å². The first kappa shape index (κ1) is 12.8. The van der Waals surface area contributed by atoms with Crippen molar-refractivity contribution in [3.63, 3.8) is 0 Å². The molecule has 0 saturated heterocycles. The van der Waals surface area contributed by atoms with E-state index in [1.54, 1.807) is 7.11 Å². The quantitative estimate of drug-likeness (QED) is 0.843. The largest absolute Gasteiger partial charge is 0.497 e. The van der Waals surface area contributed by atoms with Crippen molar-refractivity contribution >= 4 is 10.8 Å². The van der Waals surface area contributed by atoms with Crippen molar-refractivity contribution in [3.8, 4) is 5.75 Å². The molecule has 1 unspecified atom stereocenters. The van der Waals surface area contributed by atoms with Crippen LogP contribution in [0.15, 0.2) is 53.4 Å². The summed E-state index contributed by atoms with van der Waals surface area (Å²) in [5.41, 5.74) is 2.13. The summed E-state index contributed by atoms with van der Waals surface area (Å²) in [6.45, 7) is 1.99. The third-order valence-electron chi connectivity index (χ3n) is 2.80. The van der Waals surface area contributed by atoms with E-state index < -0.39 is 10.8 Å². The van der Waals surface area contributed by atoms with Crippen molar-refractivity contribution in [1.82, 2.24) is 0 Å². The molecule has 2 nitrogen and oxygen atoms in total. The van der Waals surface area contributed by atoms with Crippen LogP contribution < -0.4 is 4.74 Å². The maximum Gasteiger partial charge on any atom is 0.118 e. The van der Waals surface area contributed by atoms with E-state index in [-0.39, 0.29) is 0 Å². The molecular formula is C15H16O2S. The van der Waals surface area contributed by atoms with Gasteiger partial charge in [0.05, 0.1) is 23.7 Å². The van der Waals surface area contributed by atoms with Crippen LogP contribution in [0.1, 0.15) is 11.1 Å². The van der Waals surface area contributed by atoms with Crippen LogP contribution in [0.3, 0.4) is 0 Å². The van der Waals surface area contributed by atoms with Crippen LogP contribution in [0.2, 0.25) is 0 Å². The minimum atomic E-state index is -0.995. The average Bonchev–Trinajstić information content (AvgIpc) is 2.40. The molecule has 2 aromatic carbocycles. The minimum absolute atomic E-state index is 0.537. The molecule has 0 spiro atoms. The first-order chi connectivity index (χ1) is 8.70. The third-order valence-corrected chi connectivity index (χ3v) is 4.34. The highest BCUT2D eigenvalue weighted by Crippen LogP contribution is 2.18. The molecular weight excluding hydrogens is 244 g/mol. The highest BCUT2D eigenvalue weighted by Gasteiger charge is 2.07.